The third-order valence-corrected chi connectivity index (χ3v) is 12.3. The molecule has 0 atom stereocenters. The standard InChI is InChI=1S/C15H13N5.C13H16N4O.C11H12N4.C10H10N4.C7H12N4.C6H10N4/c1-2-11-6-8-12(9-7-11)14-17-19-15(20-18-14)13-5-3-4-10-16-13;1-3-4-9-18-12-7-5-11(6-8-12)13-16-14-10(2)15-17-13;1-3-9-4-6-10(7-5-9)11-14-12-8(2)13-15-11;1-2-8-3-5-9(6-4-8)10-13-11-7-12-14-10;1-3-4-5-7-10-8-6(2)9-11-7;1-2-3-4-6-9-7-5-8-10-6/h3-10H,2H2,1H3;5-8H,3-4,9H2,1-2H3;4-7H,3H2,1-2H3;3-7H,2H2,1H3;3-5H2,1-2H3;5H,2-4H2,1H3. The van der Waals surface area contributed by atoms with Crippen LogP contribution < -0.4 is 4.74 Å². The van der Waals surface area contributed by atoms with E-state index in [-0.39, 0.29) is 0 Å². The smallest absolute Gasteiger partial charge is 0.221 e. The van der Waals surface area contributed by atoms with E-state index in [1.54, 1.807) is 27.0 Å². The number of benzene rings is 4. The van der Waals surface area contributed by atoms with Crippen LogP contribution in [0.15, 0.2) is 134 Å². The van der Waals surface area contributed by atoms with Gasteiger partial charge in [-0.2, -0.15) is 0 Å². The van der Waals surface area contributed by atoms with Gasteiger partial charge in [-0.3, -0.25) is 4.98 Å². The number of hydrogen-bond donors (Lipinski definition) is 0. The summed E-state index contributed by atoms with van der Waals surface area (Å²) in [6, 6.07) is 37.5. The molecule has 0 aliphatic heterocycles. The van der Waals surface area contributed by atoms with E-state index in [2.05, 4.69) is 205 Å². The van der Waals surface area contributed by atoms with Crippen LogP contribution in [0.25, 0.3) is 57.1 Å². The maximum absolute atomic E-state index is 5.58. The molecule has 0 fully saturated rings. The van der Waals surface area contributed by atoms with Crippen molar-refractivity contribution in [2.24, 2.45) is 0 Å². The summed E-state index contributed by atoms with van der Waals surface area (Å²) in [5.41, 5.74) is 8.24. The lowest BCUT2D eigenvalue weighted by molar-refractivity contribution is 0.309. The lowest BCUT2D eigenvalue weighted by atomic mass is 10.1. The molecule has 26 nitrogen and oxygen atoms in total. The van der Waals surface area contributed by atoms with Gasteiger partial charge in [0.2, 0.25) is 29.1 Å². The molecule has 0 unspecified atom stereocenters. The number of aryl methyl sites for hydroxylation is 8. The highest BCUT2D eigenvalue weighted by Gasteiger charge is 2.09. The Morgan fingerprint density at radius 1 is 0.318 bits per heavy atom. The van der Waals surface area contributed by atoms with Crippen molar-refractivity contribution in [2.45, 2.75) is 133 Å². The Kier molecular flexibility index (Phi) is 29.1. The number of rotatable bonds is 18. The molecule has 0 radical (unpaired) electrons. The van der Waals surface area contributed by atoms with Crippen LogP contribution in [-0.2, 0) is 32.1 Å². The number of ether oxygens (including phenoxy) is 1. The summed E-state index contributed by atoms with van der Waals surface area (Å²) in [5.74, 6) is 6.75. The first-order valence-corrected chi connectivity index (χ1v) is 29.2. The first-order chi connectivity index (χ1) is 43.1. The Hall–Kier alpha value is -10.5. The molecule has 0 bridgehead atoms. The first kappa shape index (κ1) is 66.6. The predicted octanol–water partition coefficient (Wildman–Crippen LogP) is 9.81. The molecule has 88 heavy (non-hydrogen) atoms. The minimum absolute atomic E-state index is 0.430. The summed E-state index contributed by atoms with van der Waals surface area (Å²) in [5, 5.41) is 93.2. The van der Waals surface area contributed by atoms with Crippen molar-refractivity contribution < 1.29 is 4.74 Å². The summed E-state index contributed by atoms with van der Waals surface area (Å²) in [7, 11) is 0. The van der Waals surface area contributed by atoms with Crippen molar-refractivity contribution in [3.8, 4) is 62.8 Å². The molecule has 452 valence electrons. The van der Waals surface area contributed by atoms with Crippen molar-refractivity contribution in [2.75, 3.05) is 6.61 Å². The van der Waals surface area contributed by atoms with Gasteiger partial charge >= 0.3 is 0 Å². The van der Waals surface area contributed by atoms with Gasteiger partial charge in [-0.1, -0.05) is 140 Å². The summed E-state index contributed by atoms with van der Waals surface area (Å²) < 4.78 is 5.58. The minimum Gasteiger partial charge on any atom is -0.494 e. The molecule has 11 aromatic rings. The zero-order chi connectivity index (χ0) is 62.4. The number of aromatic nitrogens is 25. The lowest BCUT2D eigenvalue weighted by Crippen LogP contribution is -2.02. The zero-order valence-electron chi connectivity index (χ0n) is 51.3. The van der Waals surface area contributed by atoms with Crippen LogP contribution in [0.2, 0.25) is 0 Å². The van der Waals surface area contributed by atoms with Gasteiger partial charge in [0.1, 0.15) is 11.4 Å². The molecule has 7 aromatic heterocycles. The average Bonchev–Trinajstić information content (AvgIpc) is 3.62. The largest absolute Gasteiger partial charge is 0.494 e. The summed E-state index contributed by atoms with van der Waals surface area (Å²) in [6.07, 6.45) is 15.9. The van der Waals surface area contributed by atoms with Crippen molar-refractivity contribution in [3.63, 3.8) is 0 Å². The van der Waals surface area contributed by atoms with Crippen molar-refractivity contribution in [1.29, 1.82) is 0 Å². The van der Waals surface area contributed by atoms with Crippen LogP contribution in [-0.4, -0.2) is 134 Å². The second kappa shape index (κ2) is 38.4. The summed E-state index contributed by atoms with van der Waals surface area (Å²) in [6.45, 7) is 18.8. The molecule has 0 saturated carbocycles. The van der Waals surface area contributed by atoms with Gasteiger partial charge in [0.25, 0.3) is 0 Å². The van der Waals surface area contributed by atoms with Crippen LogP contribution in [0.3, 0.4) is 0 Å². The number of unbranched alkanes of at least 4 members (excludes halogenated alkanes) is 3. The van der Waals surface area contributed by atoms with Crippen molar-refractivity contribution >= 4 is 0 Å². The molecular formula is C62H73N25O. The third kappa shape index (κ3) is 23.9. The maximum Gasteiger partial charge on any atom is 0.221 e. The highest BCUT2D eigenvalue weighted by Crippen LogP contribution is 2.20. The average molecular weight is 1180 g/mol. The molecule has 0 aliphatic rings. The lowest BCUT2D eigenvalue weighted by Gasteiger charge is -2.05. The van der Waals surface area contributed by atoms with E-state index in [9.17, 15) is 0 Å². The van der Waals surface area contributed by atoms with E-state index in [1.165, 1.54) is 29.3 Å². The molecule has 0 saturated heterocycles. The Balaban J connectivity index is 0.000000171. The van der Waals surface area contributed by atoms with E-state index in [0.29, 0.717) is 52.3 Å². The number of hydrogen-bond acceptors (Lipinski definition) is 26. The van der Waals surface area contributed by atoms with Crippen LogP contribution in [0.5, 0.6) is 5.75 Å². The van der Waals surface area contributed by atoms with E-state index < -0.39 is 0 Å². The third-order valence-electron chi connectivity index (χ3n) is 12.3. The molecular weight excluding hydrogens is 1110 g/mol. The Bertz CT molecular complexity index is 3590. The quantitative estimate of drug-likeness (QED) is 0.0721. The molecule has 26 heteroatoms. The first-order valence-electron chi connectivity index (χ1n) is 29.2. The topological polar surface area (TPSA) is 331 Å². The second-order valence-electron chi connectivity index (χ2n) is 19.1. The monoisotopic (exact) mass is 1180 g/mol. The Morgan fingerprint density at radius 2 is 0.659 bits per heavy atom. The van der Waals surface area contributed by atoms with Gasteiger partial charge in [-0.15, -0.1) is 122 Å². The molecule has 0 amide bonds. The fourth-order valence-corrected chi connectivity index (χ4v) is 7.15. The van der Waals surface area contributed by atoms with Crippen LogP contribution in [0.1, 0.15) is 126 Å². The molecule has 11 rings (SSSR count). The van der Waals surface area contributed by atoms with Gasteiger partial charge in [0.05, 0.1) is 6.61 Å². The number of nitrogens with zero attached hydrogens (tertiary/aromatic N) is 25. The van der Waals surface area contributed by atoms with Crippen LogP contribution >= 0.6 is 0 Å². The maximum atomic E-state index is 5.58. The second-order valence-corrected chi connectivity index (χ2v) is 19.1. The van der Waals surface area contributed by atoms with Gasteiger partial charge in [-0.05, 0) is 112 Å². The Morgan fingerprint density at radius 3 is 1.03 bits per heavy atom. The van der Waals surface area contributed by atoms with Crippen molar-refractivity contribution in [1.82, 2.24) is 127 Å². The summed E-state index contributed by atoms with van der Waals surface area (Å²) in [4.78, 5) is 4.17. The molecule has 0 aliphatic carbocycles. The van der Waals surface area contributed by atoms with E-state index in [0.717, 1.165) is 117 Å². The zero-order valence-corrected chi connectivity index (χ0v) is 51.3. The molecule has 4 aromatic carbocycles. The van der Waals surface area contributed by atoms with Crippen LogP contribution in [0.4, 0.5) is 0 Å². The van der Waals surface area contributed by atoms with Crippen LogP contribution in [0, 0.1) is 20.8 Å². The van der Waals surface area contributed by atoms with Crippen molar-refractivity contribution in [3.05, 3.63) is 180 Å². The minimum atomic E-state index is 0.430. The van der Waals surface area contributed by atoms with Gasteiger partial charge in [0.15, 0.2) is 41.8 Å². The van der Waals surface area contributed by atoms with Gasteiger partial charge in [0, 0.05) is 41.3 Å². The van der Waals surface area contributed by atoms with E-state index >= 15 is 0 Å². The predicted molar refractivity (Wildman–Crippen MR) is 331 cm³/mol. The highest BCUT2D eigenvalue weighted by atomic mass is 16.5. The molecule has 7 heterocycles. The normalized spacial score (nSPS) is 10.2. The van der Waals surface area contributed by atoms with Gasteiger partial charge < -0.3 is 4.74 Å². The molecule has 0 spiro atoms. The fourth-order valence-electron chi connectivity index (χ4n) is 7.15. The summed E-state index contributed by atoms with van der Waals surface area (Å²) >= 11 is 0. The fraction of sp³-hybridized carbons (Fsp3) is 0.339. The highest BCUT2D eigenvalue weighted by molar-refractivity contribution is 5.57. The molecule has 0 N–H and O–H groups in total. The SMILES string of the molecule is CCCCOc1ccc(-c2nnc(C)nn2)cc1.CCCCc1nnc(C)nn1.CCCCc1nncnn1.CCc1ccc(-c2nnc(-c3ccccn3)nn2)cc1.CCc1ccc(-c2nnc(C)nn2)cc1.CCc1ccc(-c2nncnn2)cc1. The van der Waals surface area contributed by atoms with Gasteiger partial charge in [-0.25, -0.2) is 0 Å². The number of pyridine rings is 1. The van der Waals surface area contributed by atoms with E-state index in [1.807, 2.05) is 78.9 Å². The Labute approximate surface area is 512 Å². The van der Waals surface area contributed by atoms with E-state index in [4.69, 9.17) is 4.74 Å².